The second-order valence-corrected chi connectivity index (χ2v) is 6.18. The van der Waals surface area contributed by atoms with Gasteiger partial charge >= 0.3 is 12.4 Å². The van der Waals surface area contributed by atoms with E-state index in [1.165, 1.54) is 36.5 Å². The van der Waals surface area contributed by atoms with E-state index in [4.69, 9.17) is 0 Å². The molecule has 0 aliphatic carbocycles. The maximum atomic E-state index is 13.1. The first kappa shape index (κ1) is 21.3. The Hall–Kier alpha value is -3.44. The van der Waals surface area contributed by atoms with Gasteiger partial charge in [0.25, 0.3) is 5.91 Å². The molecular formula is C18H13F6N5O. The number of carbonyl (C=O) groups excluding carboxylic acids is 1. The monoisotopic (exact) mass is 429 g/mol. The Bertz CT molecular complexity index is 1030. The lowest BCUT2D eigenvalue weighted by molar-refractivity contribution is -0.144. The number of nitrogens with zero attached hydrogens (tertiary/aromatic N) is 5. The van der Waals surface area contributed by atoms with E-state index in [1.54, 1.807) is 12.1 Å². The number of aromatic nitrogens is 4. The number of rotatable bonds is 4. The van der Waals surface area contributed by atoms with Crippen molar-refractivity contribution in [3.05, 3.63) is 71.6 Å². The van der Waals surface area contributed by atoms with Crippen molar-refractivity contribution in [3.8, 4) is 0 Å². The molecule has 3 rings (SSSR count). The molecule has 6 nitrogen and oxygen atoms in total. The van der Waals surface area contributed by atoms with Crippen LogP contribution in [0.1, 0.15) is 27.4 Å². The van der Waals surface area contributed by atoms with E-state index >= 15 is 0 Å². The predicted molar refractivity (Wildman–Crippen MR) is 92.5 cm³/mol. The van der Waals surface area contributed by atoms with Crippen LogP contribution in [0, 0.1) is 0 Å². The maximum Gasteiger partial charge on any atom is 0.435 e. The lowest BCUT2D eigenvalue weighted by atomic mass is 10.2. The van der Waals surface area contributed by atoms with E-state index in [-0.39, 0.29) is 22.0 Å². The molecule has 3 aromatic rings. The summed E-state index contributed by atoms with van der Waals surface area (Å²) in [6.07, 6.45) is -5.92. The summed E-state index contributed by atoms with van der Waals surface area (Å²) >= 11 is 0. The van der Waals surface area contributed by atoms with Crippen molar-refractivity contribution in [1.82, 2.24) is 19.7 Å². The molecule has 0 aromatic carbocycles. The molecule has 0 fully saturated rings. The van der Waals surface area contributed by atoms with Crippen LogP contribution in [0.3, 0.4) is 0 Å². The molecule has 3 aromatic heterocycles. The molecule has 1 amide bonds. The Kier molecular flexibility index (Phi) is 5.51. The van der Waals surface area contributed by atoms with Crippen molar-refractivity contribution < 1.29 is 31.1 Å². The molecule has 0 saturated heterocycles. The summed E-state index contributed by atoms with van der Waals surface area (Å²) in [4.78, 5) is 21.6. The van der Waals surface area contributed by atoms with E-state index in [2.05, 4.69) is 15.1 Å². The molecule has 12 heteroatoms. The molecule has 0 saturated carbocycles. The summed E-state index contributed by atoms with van der Waals surface area (Å²) in [6, 6.07) is 5.80. The summed E-state index contributed by atoms with van der Waals surface area (Å²) in [7, 11) is 1.51. The quantitative estimate of drug-likeness (QED) is 0.588. The minimum Gasteiger partial charge on any atom is -0.310 e. The molecular weight excluding hydrogens is 416 g/mol. The smallest absolute Gasteiger partial charge is 0.310 e. The average Bonchev–Trinajstić information content (AvgIpc) is 3.13. The second kappa shape index (κ2) is 7.76. The van der Waals surface area contributed by atoms with Gasteiger partial charge in [-0.1, -0.05) is 0 Å². The summed E-state index contributed by atoms with van der Waals surface area (Å²) < 4.78 is 77.7. The van der Waals surface area contributed by atoms with Gasteiger partial charge in [-0.2, -0.15) is 31.4 Å². The van der Waals surface area contributed by atoms with Crippen LogP contribution >= 0.6 is 0 Å². The van der Waals surface area contributed by atoms with Crippen molar-refractivity contribution in [3.63, 3.8) is 0 Å². The fourth-order valence-corrected chi connectivity index (χ4v) is 2.57. The molecule has 0 atom stereocenters. The zero-order valence-electron chi connectivity index (χ0n) is 15.2. The van der Waals surface area contributed by atoms with E-state index in [9.17, 15) is 31.1 Å². The van der Waals surface area contributed by atoms with Gasteiger partial charge in [0.05, 0.1) is 29.7 Å². The molecule has 0 bridgehead atoms. The third kappa shape index (κ3) is 4.58. The molecule has 3 heterocycles. The Balaban J connectivity index is 1.82. The Morgan fingerprint density at radius 2 is 1.80 bits per heavy atom. The first-order valence-electron chi connectivity index (χ1n) is 8.32. The molecule has 0 aliphatic rings. The first-order valence-corrected chi connectivity index (χ1v) is 8.32. The van der Waals surface area contributed by atoms with Gasteiger partial charge in [-0.3, -0.25) is 19.4 Å². The van der Waals surface area contributed by atoms with E-state index < -0.39 is 36.2 Å². The van der Waals surface area contributed by atoms with Crippen LogP contribution in [0.5, 0.6) is 0 Å². The van der Waals surface area contributed by atoms with Crippen LogP contribution in [-0.4, -0.2) is 32.7 Å². The maximum absolute atomic E-state index is 13.1. The fraction of sp³-hybridized carbons (Fsp3) is 0.222. The van der Waals surface area contributed by atoms with Crippen molar-refractivity contribution in [2.45, 2.75) is 18.9 Å². The Morgan fingerprint density at radius 1 is 1.07 bits per heavy atom. The normalized spacial score (nSPS) is 12.1. The zero-order valence-corrected chi connectivity index (χ0v) is 15.2. The Morgan fingerprint density at radius 3 is 2.33 bits per heavy atom. The lowest BCUT2D eigenvalue weighted by Crippen LogP contribution is -2.26. The van der Waals surface area contributed by atoms with Gasteiger partial charge < -0.3 is 4.90 Å². The van der Waals surface area contributed by atoms with E-state index in [1.807, 2.05) is 0 Å². The highest BCUT2D eigenvalue weighted by atomic mass is 19.4. The molecule has 0 spiro atoms. The van der Waals surface area contributed by atoms with Crippen molar-refractivity contribution in [2.24, 2.45) is 0 Å². The van der Waals surface area contributed by atoms with Crippen LogP contribution in [0.2, 0.25) is 0 Å². The number of halogens is 6. The molecule has 0 radical (unpaired) electrons. The summed E-state index contributed by atoms with van der Waals surface area (Å²) in [5.41, 5.74) is -2.55. The molecule has 30 heavy (non-hydrogen) atoms. The molecule has 158 valence electrons. The lowest BCUT2D eigenvalue weighted by Gasteiger charge is -2.16. The number of alkyl halides is 6. The van der Waals surface area contributed by atoms with Crippen molar-refractivity contribution in [1.29, 1.82) is 0 Å². The van der Waals surface area contributed by atoms with Crippen LogP contribution in [-0.2, 0) is 18.9 Å². The zero-order chi connectivity index (χ0) is 22.1. The molecule has 0 aliphatic heterocycles. The SMILES string of the molecule is CN(C(=O)c1ccc(Cn2nc(C(F)(F)F)cc2C(F)(F)F)nc1)c1cccnc1. The van der Waals surface area contributed by atoms with E-state index in [0.717, 1.165) is 6.20 Å². The van der Waals surface area contributed by atoms with Crippen LogP contribution in [0.15, 0.2) is 48.9 Å². The van der Waals surface area contributed by atoms with Crippen molar-refractivity contribution >= 4 is 11.6 Å². The van der Waals surface area contributed by atoms with Gasteiger partial charge in [0, 0.05) is 25.5 Å². The highest BCUT2D eigenvalue weighted by Gasteiger charge is 2.41. The van der Waals surface area contributed by atoms with Crippen LogP contribution in [0.25, 0.3) is 0 Å². The van der Waals surface area contributed by atoms with E-state index in [0.29, 0.717) is 5.69 Å². The van der Waals surface area contributed by atoms with Crippen LogP contribution in [0.4, 0.5) is 32.0 Å². The van der Waals surface area contributed by atoms with Gasteiger partial charge in [0.2, 0.25) is 0 Å². The fourth-order valence-electron chi connectivity index (χ4n) is 2.57. The first-order chi connectivity index (χ1) is 14.0. The van der Waals surface area contributed by atoms with Gasteiger partial charge in [0.15, 0.2) is 5.69 Å². The van der Waals surface area contributed by atoms with Gasteiger partial charge in [0.1, 0.15) is 5.69 Å². The molecule has 0 unspecified atom stereocenters. The van der Waals surface area contributed by atoms with Gasteiger partial charge in [-0.25, -0.2) is 0 Å². The third-order valence-electron chi connectivity index (χ3n) is 4.08. The number of carbonyl (C=O) groups is 1. The topological polar surface area (TPSA) is 63.9 Å². The second-order valence-electron chi connectivity index (χ2n) is 6.18. The van der Waals surface area contributed by atoms with Gasteiger partial charge in [-0.05, 0) is 24.3 Å². The standard InChI is InChI=1S/C18H13F6N5O/c1-28(13-3-2-6-25-9-13)16(30)11-4-5-12(26-8-11)10-29-15(18(22,23)24)7-14(27-29)17(19,20)21/h2-9H,10H2,1H3. The minimum absolute atomic E-state index is 0.00194. The highest BCUT2D eigenvalue weighted by Crippen LogP contribution is 2.35. The summed E-state index contributed by atoms with van der Waals surface area (Å²) in [5.74, 6) is -0.448. The number of hydrogen-bond acceptors (Lipinski definition) is 4. The highest BCUT2D eigenvalue weighted by molar-refractivity contribution is 6.05. The number of pyridine rings is 2. The minimum atomic E-state index is -5.03. The van der Waals surface area contributed by atoms with Crippen LogP contribution < -0.4 is 4.90 Å². The van der Waals surface area contributed by atoms with Gasteiger partial charge in [-0.15, -0.1) is 0 Å². The third-order valence-corrected chi connectivity index (χ3v) is 4.08. The largest absolute Gasteiger partial charge is 0.435 e. The number of anilines is 1. The number of hydrogen-bond donors (Lipinski definition) is 0. The molecule has 0 N–H and O–H groups in total. The average molecular weight is 429 g/mol. The Labute approximate surface area is 165 Å². The summed E-state index contributed by atoms with van der Waals surface area (Å²) in [5, 5.41) is 3.02. The predicted octanol–water partition coefficient (Wildman–Crippen LogP) is 4.04. The van der Waals surface area contributed by atoms with Crippen molar-refractivity contribution in [2.75, 3.05) is 11.9 Å². The summed E-state index contributed by atoms with van der Waals surface area (Å²) in [6.45, 7) is -0.655. The number of amides is 1.